The molecule has 3 heterocycles. The van der Waals surface area contributed by atoms with Crippen molar-refractivity contribution in [2.45, 2.75) is 43.9 Å². The molecule has 3 aliphatic heterocycles. The molecular weight excluding hydrogens is 475 g/mol. The second kappa shape index (κ2) is 10.4. The second-order valence-corrected chi connectivity index (χ2v) is 9.62. The van der Waals surface area contributed by atoms with Crippen LogP contribution in [0.15, 0.2) is 42.5 Å². The van der Waals surface area contributed by atoms with E-state index in [2.05, 4.69) is 0 Å². The van der Waals surface area contributed by atoms with Gasteiger partial charge in [0.15, 0.2) is 6.61 Å². The van der Waals surface area contributed by atoms with Gasteiger partial charge in [-0.25, -0.2) is 4.39 Å². The van der Waals surface area contributed by atoms with E-state index < -0.39 is 0 Å². The molecule has 0 N–H and O–H groups in total. The molecule has 2 aromatic rings. The van der Waals surface area contributed by atoms with Crippen molar-refractivity contribution in [1.29, 1.82) is 0 Å². The Bertz CT molecular complexity index is 1060. The third-order valence-corrected chi connectivity index (χ3v) is 7.15. The molecule has 2 aromatic carbocycles. The van der Waals surface area contributed by atoms with E-state index in [0.717, 1.165) is 25.7 Å². The maximum atomic E-state index is 13.2. The fourth-order valence-electron chi connectivity index (χ4n) is 5.28. The summed E-state index contributed by atoms with van der Waals surface area (Å²) in [5, 5.41) is 0.432. The van der Waals surface area contributed by atoms with Crippen LogP contribution in [0, 0.1) is 5.82 Å². The first-order valence-corrected chi connectivity index (χ1v) is 12.4. The molecule has 7 nitrogen and oxygen atoms in total. The lowest BCUT2D eigenvalue weighted by atomic mass is 9.99. The number of ether oxygens (including phenoxy) is 3. The highest BCUT2D eigenvalue weighted by Gasteiger charge is 2.44. The predicted octanol–water partition coefficient (Wildman–Crippen LogP) is 3.93. The second-order valence-electron chi connectivity index (χ2n) is 9.18. The lowest BCUT2D eigenvalue weighted by molar-refractivity contribution is -0.139. The van der Waals surface area contributed by atoms with Crippen molar-refractivity contribution in [3.63, 3.8) is 0 Å². The molecule has 0 saturated carbocycles. The van der Waals surface area contributed by atoms with Gasteiger partial charge in [0.1, 0.15) is 23.4 Å². The van der Waals surface area contributed by atoms with Crippen molar-refractivity contribution >= 4 is 23.4 Å². The molecule has 2 amide bonds. The summed E-state index contributed by atoms with van der Waals surface area (Å²) in [5.74, 6) is 0.406. The maximum Gasteiger partial charge on any atom is 0.261 e. The van der Waals surface area contributed by atoms with E-state index >= 15 is 0 Å². The van der Waals surface area contributed by atoms with Gasteiger partial charge in [0, 0.05) is 43.0 Å². The number of amides is 2. The van der Waals surface area contributed by atoms with Gasteiger partial charge in [0.2, 0.25) is 0 Å². The number of nitrogens with zero attached hydrogens (tertiary/aromatic N) is 2. The van der Waals surface area contributed by atoms with Crippen molar-refractivity contribution < 1.29 is 28.2 Å². The van der Waals surface area contributed by atoms with E-state index in [9.17, 15) is 14.0 Å². The van der Waals surface area contributed by atoms with E-state index in [4.69, 9.17) is 25.8 Å². The van der Waals surface area contributed by atoms with Crippen LogP contribution < -0.4 is 9.47 Å². The van der Waals surface area contributed by atoms with Crippen LogP contribution in [0.2, 0.25) is 5.02 Å². The highest BCUT2D eigenvalue weighted by Crippen LogP contribution is 2.37. The Morgan fingerprint density at radius 2 is 1.71 bits per heavy atom. The fraction of sp³-hybridized carbons (Fsp3) is 0.462. The highest BCUT2D eigenvalue weighted by atomic mass is 35.5. The quantitative estimate of drug-likeness (QED) is 0.598. The van der Waals surface area contributed by atoms with Crippen molar-refractivity contribution in [2.75, 3.05) is 32.9 Å². The molecule has 5 rings (SSSR count). The molecule has 35 heavy (non-hydrogen) atoms. The third kappa shape index (κ3) is 5.38. The first kappa shape index (κ1) is 23.9. The molecular formula is C26H28ClFN2O5. The summed E-state index contributed by atoms with van der Waals surface area (Å²) in [6.07, 6.45) is 3.27. The van der Waals surface area contributed by atoms with Crippen LogP contribution in [0.4, 0.5) is 4.39 Å². The molecule has 0 aliphatic carbocycles. The fourth-order valence-corrected chi connectivity index (χ4v) is 5.45. The van der Waals surface area contributed by atoms with E-state index in [1.54, 1.807) is 35.2 Å². The summed E-state index contributed by atoms with van der Waals surface area (Å²) < 4.78 is 30.4. The zero-order valence-electron chi connectivity index (χ0n) is 19.3. The minimum atomic E-state index is -0.298. The molecule has 3 fully saturated rings. The minimum absolute atomic E-state index is 0.0167. The maximum absolute atomic E-state index is 13.2. The van der Waals surface area contributed by atoms with Gasteiger partial charge >= 0.3 is 0 Å². The van der Waals surface area contributed by atoms with Crippen molar-refractivity contribution in [2.24, 2.45) is 0 Å². The number of benzene rings is 2. The third-order valence-electron chi connectivity index (χ3n) is 6.92. The van der Waals surface area contributed by atoms with Crippen LogP contribution in [0.25, 0.3) is 0 Å². The first-order valence-electron chi connectivity index (χ1n) is 12.0. The zero-order chi connectivity index (χ0) is 24.4. The lowest BCUT2D eigenvalue weighted by Gasteiger charge is -2.38. The van der Waals surface area contributed by atoms with Crippen LogP contribution in [0.3, 0.4) is 0 Å². The number of carbonyl (C=O) groups excluding carboxylic acids is 2. The average molecular weight is 503 g/mol. The standard InChI is InChI=1S/C26H28ClFN2O5/c27-17-1-8-24(23(13-17)26(32)29-9-11-33-12-10-29)34-16-25(31)30-19-4-5-20(30)15-22(14-19)35-21-6-2-18(28)3-7-21/h1-3,6-8,13,19-20,22H,4-5,9-12,14-16H2/t19-,20+,22?. The summed E-state index contributed by atoms with van der Waals surface area (Å²) >= 11 is 6.15. The molecule has 9 heteroatoms. The van der Waals surface area contributed by atoms with Crippen LogP contribution in [-0.2, 0) is 9.53 Å². The Morgan fingerprint density at radius 3 is 2.40 bits per heavy atom. The molecule has 3 atom stereocenters. The van der Waals surface area contributed by atoms with Crippen molar-refractivity contribution in [3.8, 4) is 11.5 Å². The smallest absolute Gasteiger partial charge is 0.261 e. The van der Waals surface area contributed by atoms with Crippen molar-refractivity contribution in [3.05, 3.63) is 58.9 Å². The lowest BCUT2D eigenvalue weighted by Crippen LogP contribution is -2.50. The van der Waals surface area contributed by atoms with Crippen LogP contribution >= 0.6 is 11.6 Å². The first-order chi connectivity index (χ1) is 17.0. The van der Waals surface area contributed by atoms with E-state index in [1.807, 2.05) is 4.90 Å². The summed E-state index contributed by atoms with van der Waals surface area (Å²) in [7, 11) is 0. The zero-order valence-corrected chi connectivity index (χ0v) is 20.1. The number of hydrogen-bond acceptors (Lipinski definition) is 5. The van der Waals surface area contributed by atoms with Gasteiger partial charge in [-0.2, -0.15) is 0 Å². The number of hydrogen-bond donors (Lipinski definition) is 0. The van der Waals surface area contributed by atoms with Gasteiger partial charge < -0.3 is 24.0 Å². The SMILES string of the molecule is O=C(c1cc(Cl)ccc1OCC(=O)N1[C@@H]2CC[C@H]1CC(Oc1ccc(F)cc1)C2)N1CCOCC1. The highest BCUT2D eigenvalue weighted by molar-refractivity contribution is 6.31. The Hall–Kier alpha value is -2.84. The Labute approximate surface area is 208 Å². The molecule has 1 unspecified atom stereocenters. The molecule has 3 aliphatic rings. The molecule has 0 spiro atoms. The molecule has 3 saturated heterocycles. The van der Waals surface area contributed by atoms with Crippen molar-refractivity contribution in [1.82, 2.24) is 9.80 Å². The Morgan fingerprint density at radius 1 is 1.03 bits per heavy atom. The normalized spacial score (nSPS) is 23.8. The average Bonchev–Trinajstić information content (AvgIpc) is 3.15. The largest absolute Gasteiger partial charge is 0.490 e. The number of morpholine rings is 1. The number of fused-ring (bicyclic) bond motifs is 2. The van der Waals surface area contributed by atoms with E-state index in [1.165, 1.54) is 12.1 Å². The van der Waals surface area contributed by atoms with Gasteiger partial charge in [-0.05, 0) is 55.3 Å². The topological polar surface area (TPSA) is 68.3 Å². The van der Waals surface area contributed by atoms with E-state index in [0.29, 0.717) is 48.4 Å². The number of halogens is 2. The molecule has 2 bridgehead atoms. The summed E-state index contributed by atoms with van der Waals surface area (Å²) in [5.41, 5.74) is 0.349. The number of piperidine rings is 1. The van der Waals surface area contributed by atoms with Gasteiger partial charge in [-0.15, -0.1) is 0 Å². The Balaban J connectivity index is 1.21. The monoisotopic (exact) mass is 502 g/mol. The summed E-state index contributed by atoms with van der Waals surface area (Å²) in [4.78, 5) is 29.8. The van der Waals surface area contributed by atoms with Crippen LogP contribution in [0.1, 0.15) is 36.0 Å². The van der Waals surface area contributed by atoms with Gasteiger partial charge in [0.25, 0.3) is 11.8 Å². The Kier molecular flexibility index (Phi) is 7.11. The predicted molar refractivity (Wildman–Crippen MR) is 127 cm³/mol. The molecule has 0 radical (unpaired) electrons. The van der Waals surface area contributed by atoms with Gasteiger partial charge in [-0.3, -0.25) is 9.59 Å². The number of rotatable bonds is 6. The summed E-state index contributed by atoms with van der Waals surface area (Å²) in [6, 6.07) is 11.1. The van der Waals surface area contributed by atoms with E-state index in [-0.39, 0.29) is 42.4 Å². The van der Waals surface area contributed by atoms with Crippen LogP contribution in [-0.4, -0.2) is 72.7 Å². The van der Waals surface area contributed by atoms with Crippen LogP contribution in [0.5, 0.6) is 11.5 Å². The molecule has 0 aromatic heterocycles. The summed E-state index contributed by atoms with van der Waals surface area (Å²) in [6.45, 7) is 1.83. The van der Waals surface area contributed by atoms with Gasteiger partial charge in [0.05, 0.1) is 18.8 Å². The number of carbonyl (C=O) groups is 2. The molecule has 186 valence electrons. The van der Waals surface area contributed by atoms with Gasteiger partial charge in [-0.1, -0.05) is 11.6 Å². The minimum Gasteiger partial charge on any atom is -0.490 e.